The van der Waals surface area contributed by atoms with Crippen molar-refractivity contribution >= 4 is 5.78 Å². The summed E-state index contributed by atoms with van der Waals surface area (Å²) in [4.78, 5) is 12.2. The Kier molecular flexibility index (Phi) is 2.86. The number of piperidine rings is 1. The molecule has 2 rings (SSSR count). The lowest BCUT2D eigenvalue weighted by atomic mass is 9.75. The average Bonchev–Trinajstić information content (AvgIpc) is 2.14. The molecule has 2 fully saturated rings. The zero-order valence-electron chi connectivity index (χ0n) is 9.88. The fourth-order valence-electron chi connectivity index (χ4n) is 2.66. The standard InChI is InChI=1S/C12H21NO2/c1-12(2,3)11(14)8-4-9-6-15-7-10(5-8)13-9/h8-10,13H,4-7H2,1-3H3. The molecule has 1 N–H and O–H groups in total. The van der Waals surface area contributed by atoms with Gasteiger partial charge in [0.25, 0.3) is 0 Å². The Morgan fingerprint density at radius 3 is 2.20 bits per heavy atom. The molecule has 2 heterocycles. The highest BCUT2D eigenvalue weighted by atomic mass is 16.5. The van der Waals surface area contributed by atoms with Gasteiger partial charge in [-0.05, 0) is 12.8 Å². The van der Waals surface area contributed by atoms with Crippen LogP contribution < -0.4 is 5.32 Å². The van der Waals surface area contributed by atoms with Crippen LogP contribution in [-0.2, 0) is 9.53 Å². The molecule has 15 heavy (non-hydrogen) atoms. The Bertz CT molecular complexity index is 245. The third kappa shape index (κ3) is 2.40. The minimum atomic E-state index is -0.197. The molecule has 0 spiro atoms. The molecule has 0 aromatic rings. The minimum Gasteiger partial charge on any atom is -0.378 e. The number of morpholine rings is 1. The van der Waals surface area contributed by atoms with Crippen molar-refractivity contribution < 1.29 is 9.53 Å². The highest BCUT2D eigenvalue weighted by molar-refractivity contribution is 5.86. The van der Waals surface area contributed by atoms with Crippen LogP contribution >= 0.6 is 0 Å². The number of hydrogen-bond acceptors (Lipinski definition) is 3. The van der Waals surface area contributed by atoms with Crippen molar-refractivity contribution in [3.8, 4) is 0 Å². The maximum atomic E-state index is 12.2. The number of carbonyl (C=O) groups excluding carboxylic acids is 1. The molecule has 2 bridgehead atoms. The van der Waals surface area contributed by atoms with Crippen LogP contribution in [0.3, 0.4) is 0 Å². The second-order valence-corrected chi connectivity index (χ2v) is 5.88. The smallest absolute Gasteiger partial charge is 0.141 e. The highest BCUT2D eigenvalue weighted by Crippen LogP contribution is 2.30. The van der Waals surface area contributed by atoms with Crippen LogP contribution in [0.5, 0.6) is 0 Å². The highest BCUT2D eigenvalue weighted by Gasteiger charge is 2.38. The maximum Gasteiger partial charge on any atom is 0.141 e. The maximum absolute atomic E-state index is 12.2. The molecule has 2 unspecified atom stereocenters. The molecule has 2 saturated heterocycles. The van der Waals surface area contributed by atoms with E-state index in [1.807, 2.05) is 20.8 Å². The third-order valence-corrected chi connectivity index (χ3v) is 3.36. The molecule has 3 heteroatoms. The van der Waals surface area contributed by atoms with Gasteiger partial charge in [-0.1, -0.05) is 20.8 Å². The topological polar surface area (TPSA) is 38.3 Å². The van der Waals surface area contributed by atoms with Gasteiger partial charge in [-0.2, -0.15) is 0 Å². The number of hydrogen-bond donors (Lipinski definition) is 1. The number of fused-ring (bicyclic) bond motifs is 2. The van der Waals surface area contributed by atoms with Crippen molar-refractivity contribution in [3.05, 3.63) is 0 Å². The van der Waals surface area contributed by atoms with E-state index in [0.29, 0.717) is 17.9 Å². The van der Waals surface area contributed by atoms with Gasteiger partial charge < -0.3 is 10.1 Å². The van der Waals surface area contributed by atoms with E-state index in [4.69, 9.17) is 4.74 Å². The van der Waals surface area contributed by atoms with Crippen LogP contribution in [0.4, 0.5) is 0 Å². The SMILES string of the molecule is CC(C)(C)C(=O)C1CC2COCC(C1)N2. The molecule has 0 amide bonds. The molecule has 0 aliphatic carbocycles. The van der Waals surface area contributed by atoms with Crippen molar-refractivity contribution in [1.82, 2.24) is 5.32 Å². The Labute approximate surface area is 91.6 Å². The van der Waals surface area contributed by atoms with Crippen LogP contribution in [0.1, 0.15) is 33.6 Å². The summed E-state index contributed by atoms with van der Waals surface area (Å²) in [5.41, 5.74) is -0.197. The first kappa shape index (κ1) is 11.1. The first-order valence-corrected chi connectivity index (χ1v) is 5.85. The lowest BCUT2D eigenvalue weighted by molar-refractivity contribution is -0.133. The van der Waals surface area contributed by atoms with E-state index < -0.39 is 0 Å². The second kappa shape index (κ2) is 3.87. The number of carbonyl (C=O) groups is 1. The van der Waals surface area contributed by atoms with Gasteiger partial charge in [-0.15, -0.1) is 0 Å². The van der Waals surface area contributed by atoms with Crippen LogP contribution in [0.25, 0.3) is 0 Å². The van der Waals surface area contributed by atoms with Gasteiger partial charge in [0.2, 0.25) is 0 Å². The van der Waals surface area contributed by atoms with E-state index in [-0.39, 0.29) is 11.3 Å². The lowest BCUT2D eigenvalue weighted by Crippen LogP contribution is -2.55. The quantitative estimate of drug-likeness (QED) is 0.712. The molecule has 2 aliphatic heterocycles. The molecule has 0 aromatic carbocycles. The predicted molar refractivity (Wildman–Crippen MR) is 58.7 cm³/mol. The minimum absolute atomic E-state index is 0.197. The van der Waals surface area contributed by atoms with Gasteiger partial charge in [0.15, 0.2) is 0 Å². The molecule has 2 aliphatic rings. The Hall–Kier alpha value is -0.410. The summed E-state index contributed by atoms with van der Waals surface area (Å²) in [5.74, 6) is 0.658. The van der Waals surface area contributed by atoms with Gasteiger partial charge in [0.05, 0.1) is 13.2 Å². The summed E-state index contributed by atoms with van der Waals surface area (Å²) >= 11 is 0. The molecule has 3 nitrogen and oxygen atoms in total. The molecule has 0 aromatic heterocycles. The summed E-state index contributed by atoms with van der Waals surface area (Å²) in [7, 11) is 0. The zero-order chi connectivity index (χ0) is 11.1. The molecule has 2 atom stereocenters. The van der Waals surface area contributed by atoms with E-state index >= 15 is 0 Å². The zero-order valence-corrected chi connectivity index (χ0v) is 9.88. The van der Waals surface area contributed by atoms with Crippen LogP contribution in [0.2, 0.25) is 0 Å². The predicted octanol–water partition coefficient (Wildman–Crippen LogP) is 1.37. The largest absolute Gasteiger partial charge is 0.378 e. The number of ketones is 1. The number of nitrogens with one attached hydrogen (secondary N) is 1. The number of Topliss-reactive ketones (excluding diaryl/α,β-unsaturated/α-hetero) is 1. The molecule has 0 radical (unpaired) electrons. The normalized spacial score (nSPS) is 36.3. The first-order valence-electron chi connectivity index (χ1n) is 5.85. The van der Waals surface area contributed by atoms with E-state index in [1.54, 1.807) is 0 Å². The molecular formula is C12H21NO2. The van der Waals surface area contributed by atoms with Crippen molar-refractivity contribution in [2.45, 2.75) is 45.7 Å². The molecule has 0 saturated carbocycles. The van der Waals surface area contributed by atoms with Gasteiger partial charge in [-0.3, -0.25) is 4.79 Å². The van der Waals surface area contributed by atoms with Gasteiger partial charge >= 0.3 is 0 Å². The summed E-state index contributed by atoms with van der Waals surface area (Å²) in [5, 5.41) is 3.51. The van der Waals surface area contributed by atoms with Crippen molar-refractivity contribution in [2.75, 3.05) is 13.2 Å². The van der Waals surface area contributed by atoms with E-state index in [0.717, 1.165) is 26.1 Å². The van der Waals surface area contributed by atoms with Crippen LogP contribution in [0.15, 0.2) is 0 Å². The van der Waals surface area contributed by atoms with Gasteiger partial charge in [0.1, 0.15) is 5.78 Å². The Morgan fingerprint density at radius 1 is 1.20 bits per heavy atom. The fourth-order valence-corrected chi connectivity index (χ4v) is 2.66. The summed E-state index contributed by atoms with van der Waals surface area (Å²) in [6.45, 7) is 7.59. The van der Waals surface area contributed by atoms with E-state index in [9.17, 15) is 4.79 Å². The lowest BCUT2D eigenvalue weighted by Gasteiger charge is -2.41. The van der Waals surface area contributed by atoms with Crippen LogP contribution in [0, 0.1) is 11.3 Å². The number of ether oxygens (including phenoxy) is 1. The molecular weight excluding hydrogens is 190 g/mol. The second-order valence-electron chi connectivity index (χ2n) is 5.88. The summed E-state index contributed by atoms with van der Waals surface area (Å²) < 4.78 is 5.48. The fraction of sp³-hybridized carbons (Fsp3) is 0.917. The Balaban J connectivity index is 2.02. The number of rotatable bonds is 1. The monoisotopic (exact) mass is 211 g/mol. The van der Waals surface area contributed by atoms with Crippen molar-refractivity contribution in [3.63, 3.8) is 0 Å². The van der Waals surface area contributed by atoms with Gasteiger partial charge in [-0.25, -0.2) is 0 Å². The van der Waals surface area contributed by atoms with Crippen molar-refractivity contribution in [2.24, 2.45) is 11.3 Å². The van der Waals surface area contributed by atoms with Gasteiger partial charge in [0, 0.05) is 23.4 Å². The third-order valence-electron chi connectivity index (χ3n) is 3.36. The Morgan fingerprint density at radius 2 is 1.73 bits per heavy atom. The first-order chi connectivity index (χ1) is 6.97. The van der Waals surface area contributed by atoms with Crippen molar-refractivity contribution in [1.29, 1.82) is 0 Å². The van der Waals surface area contributed by atoms with E-state index in [1.165, 1.54) is 0 Å². The summed E-state index contributed by atoms with van der Waals surface area (Å²) in [6.07, 6.45) is 1.90. The summed E-state index contributed by atoms with van der Waals surface area (Å²) in [6, 6.07) is 0.794. The average molecular weight is 211 g/mol. The van der Waals surface area contributed by atoms with Crippen LogP contribution in [-0.4, -0.2) is 31.1 Å². The molecule has 86 valence electrons. The van der Waals surface area contributed by atoms with E-state index in [2.05, 4.69) is 5.32 Å².